The van der Waals surface area contributed by atoms with E-state index in [9.17, 15) is 14.0 Å². The third-order valence-electron chi connectivity index (χ3n) is 8.98. The molecule has 6 heteroatoms. The molecule has 1 aliphatic carbocycles. The third kappa shape index (κ3) is 14.8. The Bertz CT molecular complexity index is 1080. The van der Waals surface area contributed by atoms with Gasteiger partial charge in [-0.2, -0.15) is 0 Å². The Morgan fingerprint density at radius 1 is 0.733 bits per heavy atom. The van der Waals surface area contributed by atoms with Gasteiger partial charge in [0.25, 0.3) is 0 Å². The molecule has 0 amide bonds. The van der Waals surface area contributed by atoms with E-state index in [0.29, 0.717) is 30.3 Å². The first kappa shape index (κ1) is 36.6. The number of esters is 2. The first-order valence-corrected chi connectivity index (χ1v) is 17.9. The van der Waals surface area contributed by atoms with Gasteiger partial charge in [-0.15, -0.1) is 0 Å². The summed E-state index contributed by atoms with van der Waals surface area (Å²) in [6.07, 6.45) is 18.7. The molecule has 1 aliphatic rings. The molecule has 0 aromatic heterocycles. The van der Waals surface area contributed by atoms with Gasteiger partial charge in [0.1, 0.15) is 17.6 Å². The van der Waals surface area contributed by atoms with Crippen LogP contribution in [-0.4, -0.2) is 30.8 Å². The number of carbonyl (C=O) groups is 2. The summed E-state index contributed by atoms with van der Waals surface area (Å²) in [6, 6.07) is 14.9. The van der Waals surface area contributed by atoms with Crippen LogP contribution in [0, 0.1) is 5.92 Å². The van der Waals surface area contributed by atoms with Crippen LogP contribution in [-0.2, 0) is 16.0 Å². The Balaban J connectivity index is 1.27. The van der Waals surface area contributed by atoms with Gasteiger partial charge in [-0.25, -0.2) is 14.0 Å². The Hall–Kier alpha value is -2.89. The van der Waals surface area contributed by atoms with Crippen molar-refractivity contribution in [3.8, 4) is 11.5 Å². The Morgan fingerprint density at radius 2 is 1.31 bits per heavy atom. The molecule has 0 N–H and O–H groups in total. The number of alkyl halides is 1. The van der Waals surface area contributed by atoms with Gasteiger partial charge >= 0.3 is 11.9 Å². The summed E-state index contributed by atoms with van der Waals surface area (Å²) in [6.45, 7) is 4.94. The van der Waals surface area contributed by atoms with Gasteiger partial charge in [-0.1, -0.05) is 96.6 Å². The second-order valence-electron chi connectivity index (χ2n) is 12.8. The molecule has 0 radical (unpaired) electrons. The lowest BCUT2D eigenvalue weighted by molar-refractivity contribution is -0.157. The first-order valence-electron chi connectivity index (χ1n) is 17.9. The number of aryl methyl sites for hydroxylation is 1. The van der Waals surface area contributed by atoms with E-state index in [1.165, 1.54) is 63.4 Å². The van der Waals surface area contributed by atoms with E-state index in [1.54, 1.807) is 12.1 Å². The predicted octanol–water partition coefficient (Wildman–Crippen LogP) is 10.8. The van der Waals surface area contributed by atoms with Crippen LogP contribution in [0.1, 0.15) is 145 Å². The summed E-state index contributed by atoms with van der Waals surface area (Å²) >= 11 is 0. The maximum Gasteiger partial charge on any atom is 0.343 e. The normalized spacial score (nSPS) is 17.0. The number of ether oxygens (including phenoxy) is 3. The number of unbranched alkanes of at least 4 members (excludes halogenated alkanes) is 10. The van der Waals surface area contributed by atoms with Gasteiger partial charge in [0.15, 0.2) is 6.17 Å². The molecule has 0 spiro atoms. The minimum Gasteiger partial charge on any atom is -0.494 e. The van der Waals surface area contributed by atoms with Gasteiger partial charge in [0.05, 0.1) is 12.2 Å². The first-order chi connectivity index (χ1) is 22.0. The fraction of sp³-hybridized carbons (Fsp3) is 0.641. The average molecular weight is 625 g/mol. The summed E-state index contributed by atoms with van der Waals surface area (Å²) in [5.74, 6) is 0.801. The van der Waals surface area contributed by atoms with E-state index >= 15 is 0 Å². The smallest absolute Gasteiger partial charge is 0.343 e. The number of rotatable bonds is 22. The van der Waals surface area contributed by atoms with Crippen molar-refractivity contribution in [1.82, 2.24) is 0 Å². The summed E-state index contributed by atoms with van der Waals surface area (Å²) in [5.41, 5.74) is 1.69. The molecule has 1 saturated carbocycles. The van der Waals surface area contributed by atoms with E-state index < -0.39 is 12.1 Å². The lowest BCUT2D eigenvalue weighted by Gasteiger charge is -2.28. The van der Waals surface area contributed by atoms with Crippen LogP contribution >= 0.6 is 0 Å². The summed E-state index contributed by atoms with van der Waals surface area (Å²) in [4.78, 5) is 24.6. The van der Waals surface area contributed by atoms with E-state index in [-0.39, 0.29) is 18.5 Å². The van der Waals surface area contributed by atoms with Crippen LogP contribution in [0.2, 0.25) is 0 Å². The lowest BCUT2D eigenvalue weighted by atomic mass is 9.83. The van der Waals surface area contributed by atoms with Crippen molar-refractivity contribution in [2.45, 2.75) is 148 Å². The summed E-state index contributed by atoms with van der Waals surface area (Å²) < 4.78 is 30.8. The van der Waals surface area contributed by atoms with Gasteiger partial charge < -0.3 is 14.2 Å². The Labute approximate surface area is 271 Å². The zero-order valence-electron chi connectivity index (χ0n) is 27.9. The number of halogens is 1. The maximum atomic E-state index is 13.9. The molecule has 0 saturated heterocycles. The van der Waals surface area contributed by atoms with Crippen molar-refractivity contribution in [2.24, 2.45) is 5.92 Å². The second kappa shape index (κ2) is 21.8. The van der Waals surface area contributed by atoms with Crippen molar-refractivity contribution < 1.29 is 28.2 Å². The molecule has 1 atom stereocenters. The van der Waals surface area contributed by atoms with Gasteiger partial charge in [0, 0.05) is 0 Å². The van der Waals surface area contributed by atoms with Crippen molar-refractivity contribution in [2.75, 3.05) is 6.61 Å². The van der Waals surface area contributed by atoms with E-state index in [2.05, 4.69) is 6.92 Å². The third-order valence-corrected chi connectivity index (χ3v) is 8.98. The monoisotopic (exact) mass is 624 g/mol. The zero-order chi connectivity index (χ0) is 32.1. The van der Waals surface area contributed by atoms with Crippen molar-refractivity contribution in [3.05, 3.63) is 59.7 Å². The molecule has 0 aliphatic heterocycles. The van der Waals surface area contributed by atoms with Crippen molar-refractivity contribution in [1.29, 1.82) is 0 Å². The van der Waals surface area contributed by atoms with Gasteiger partial charge in [-0.05, 0) is 99.2 Å². The van der Waals surface area contributed by atoms with Crippen LogP contribution in [0.5, 0.6) is 11.5 Å². The van der Waals surface area contributed by atoms with E-state index in [1.807, 2.05) is 43.3 Å². The molecule has 250 valence electrons. The van der Waals surface area contributed by atoms with E-state index in [0.717, 1.165) is 57.1 Å². The fourth-order valence-electron chi connectivity index (χ4n) is 6.01. The molecular weight excluding hydrogens is 567 g/mol. The highest BCUT2D eigenvalue weighted by atomic mass is 19.1. The zero-order valence-corrected chi connectivity index (χ0v) is 27.9. The maximum absolute atomic E-state index is 13.9. The molecule has 2 aromatic carbocycles. The Kier molecular flexibility index (Phi) is 17.7. The largest absolute Gasteiger partial charge is 0.494 e. The van der Waals surface area contributed by atoms with Crippen LogP contribution in [0.4, 0.5) is 4.39 Å². The quantitative estimate of drug-likeness (QED) is 0.0741. The van der Waals surface area contributed by atoms with Crippen LogP contribution in [0.3, 0.4) is 0 Å². The van der Waals surface area contributed by atoms with Crippen LogP contribution in [0.25, 0.3) is 0 Å². The molecular formula is C39H57FO5. The number of hydrogen-bond acceptors (Lipinski definition) is 5. The van der Waals surface area contributed by atoms with Gasteiger partial charge in [-0.3, -0.25) is 0 Å². The molecule has 45 heavy (non-hydrogen) atoms. The highest BCUT2D eigenvalue weighted by molar-refractivity contribution is 5.91. The fourth-order valence-corrected chi connectivity index (χ4v) is 6.01. The van der Waals surface area contributed by atoms with E-state index in [4.69, 9.17) is 14.2 Å². The molecule has 2 aromatic rings. The number of carbonyl (C=O) groups excluding carboxylic acids is 2. The highest BCUT2D eigenvalue weighted by Crippen LogP contribution is 2.30. The Morgan fingerprint density at radius 3 is 1.93 bits per heavy atom. The molecule has 5 nitrogen and oxygen atoms in total. The summed E-state index contributed by atoms with van der Waals surface area (Å²) in [7, 11) is 0. The average Bonchev–Trinajstić information content (AvgIpc) is 3.06. The molecule has 1 fully saturated rings. The molecule has 0 bridgehead atoms. The number of hydrogen-bond donors (Lipinski definition) is 0. The second-order valence-corrected chi connectivity index (χ2v) is 12.8. The SMILES string of the molecule is CCCCCCCCCCCCOc1ccc(C(=O)Oc2ccc(CCC3CCC(OC(=O)[C@@H](F)CCCC)CC3)cc2)cc1. The minimum atomic E-state index is -1.49. The standard InChI is InChI=1S/C39H57FO5/c1-3-5-7-8-9-10-11-12-13-14-30-43-34-28-22-33(23-29-34)38(41)44-35-24-18-31(19-25-35)16-17-32-20-26-36(27-21-32)45-39(42)37(40)15-6-4-2/h18-19,22-25,28-29,32,36-37H,3-17,20-21,26-27,30H2,1-2H3/t32?,36?,37-/m0/s1. The molecule has 0 heterocycles. The van der Waals surface area contributed by atoms with Crippen molar-refractivity contribution in [3.63, 3.8) is 0 Å². The predicted molar refractivity (Wildman–Crippen MR) is 180 cm³/mol. The number of benzene rings is 2. The van der Waals surface area contributed by atoms with Gasteiger partial charge in [0.2, 0.25) is 0 Å². The molecule has 3 rings (SSSR count). The highest BCUT2D eigenvalue weighted by Gasteiger charge is 2.27. The van der Waals surface area contributed by atoms with Crippen molar-refractivity contribution >= 4 is 11.9 Å². The lowest BCUT2D eigenvalue weighted by Crippen LogP contribution is -2.29. The summed E-state index contributed by atoms with van der Waals surface area (Å²) in [5, 5.41) is 0. The van der Waals surface area contributed by atoms with Crippen LogP contribution < -0.4 is 9.47 Å². The topological polar surface area (TPSA) is 61.8 Å². The van der Waals surface area contributed by atoms with Crippen LogP contribution in [0.15, 0.2) is 48.5 Å². The molecule has 0 unspecified atom stereocenters. The minimum absolute atomic E-state index is 0.152.